The molecule has 1 aliphatic rings. The molecule has 1 heterocycles. The molecule has 8 heteroatoms. The first kappa shape index (κ1) is 17.4. The van der Waals surface area contributed by atoms with Crippen LogP contribution in [0.2, 0.25) is 0 Å². The van der Waals surface area contributed by atoms with Gasteiger partial charge in [0.1, 0.15) is 6.04 Å². The van der Waals surface area contributed by atoms with Crippen molar-refractivity contribution in [1.82, 2.24) is 4.31 Å². The summed E-state index contributed by atoms with van der Waals surface area (Å²) in [5.41, 5.74) is 0.538. The van der Waals surface area contributed by atoms with Crippen molar-refractivity contribution >= 4 is 27.6 Å². The van der Waals surface area contributed by atoms with Crippen LogP contribution in [0.3, 0.4) is 0 Å². The van der Waals surface area contributed by atoms with Gasteiger partial charge in [-0.05, 0) is 31.9 Å². The molecule has 0 saturated carbocycles. The summed E-state index contributed by atoms with van der Waals surface area (Å²) in [4.78, 5) is 24.2. The third kappa shape index (κ3) is 3.70. The van der Waals surface area contributed by atoms with E-state index in [0.29, 0.717) is 25.1 Å². The van der Waals surface area contributed by atoms with Gasteiger partial charge in [0.15, 0.2) is 0 Å². The van der Waals surface area contributed by atoms with Gasteiger partial charge in [-0.3, -0.25) is 4.79 Å². The quantitative estimate of drug-likeness (QED) is 0.814. The first-order valence-electron chi connectivity index (χ1n) is 7.38. The molecule has 1 aromatic carbocycles. The van der Waals surface area contributed by atoms with E-state index in [0.717, 1.165) is 0 Å². The molecule has 2 rings (SSSR count). The number of hydrogen-bond acceptors (Lipinski definition) is 5. The second-order valence-corrected chi connectivity index (χ2v) is 7.41. The number of nitrogens with zero attached hydrogens (tertiary/aromatic N) is 1. The molecule has 0 unspecified atom stereocenters. The molecule has 1 amide bonds. The van der Waals surface area contributed by atoms with Gasteiger partial charge in [0.05, 0.1) is 24.1 Å². The first-order chi connectivity index (χ1) is 10.9. The Morgan fingerprint density at radius 3 is 2.70 bits per heavy atom. The molecule has 0 aliphatic carbocycles. The van der Waals surface area contributed by atoms with Gasteiger partial charge < -0.3 is 10.1 Å². The van der Waals surface area contributed by atoms with Crippen molar-refractivity contribution in [2.45, 2.75) is 25.8 Å². The molecular formula is C15H20N2O5S. The Morgan fingerprint density at radius 2 is 2.04 bits per heavy atom. The van der Waals surface area contributed by atoms with E-state index < -0.39 is 27.9 Å². The number of esters is 1. The van der Waals surface area contributed by atoms with Gasteiger partial charge in [-0.15, -0.1) is 0 Å². The Balaban J connectivity index is 2.21. The van der Waals surface area contributed by atoms with Gasteiger partial charge in [0, 0.05) is 6.54 Å². The number of ether oxygens (including phenoxy) is 1. The normalized spacial score (nSPS) is 18.6. The number of rotatable bonds is 5. The Hall–Kier alpha value is -1.93. The number of carbonyl (C=O) groups excluding carboxylic acids is 2. The van der Waals surface area contributed by atoms with E-state index in [9.17, 15) is 18.0 Å². The predicted molar refractivity (Wildman–Crippen MR) is 85.6 cm³/mol. The van der Waals surface area contributed by atoms with Crippen molar-refractivity contribution in [3.05, 3.63) is 29.8 Å². The number of hydrogen-bond donors (Lipinski definition) is 1. The molecule has 1 aromatic rings. The second kappa shape index (κ2) is 7.10. The molecular weight excluding hydrogens is 320 g/mol. The number of sulfonamides is 1. The Bertz CT molecular complexity index is 702. The van der Waals surface area contributed by atoms with Crippen molar-refractivity contribution in [3.8, 4) is 0 Å². The van der Waals surface area contributed by atoms with Crippen LogP contribution in [0.25, 0.3) is 0 Å². The van der Waals surface area contributed by atoms with Crippen LogP contribution < -0.4 is 5.32 Å². The largest absolute Gasteiger partial charge is 0.465 e. The van der Waals surface area contributed by atoms with Gasteiger partial charge in [-0.25, -0.2) is 13.2 Å². The lowest BCUT2D eigenvalue weighted by Crippen LogP contribution is -2.43. The Labute approximate surface area is 135 Å². The molecule has 1 saturated heterocycles. The van der Waals surface area contributed by atoms with Gasteiger partial charge in [0.2, 0.25) is 15.9 Å². The van der Waals surface area contributed by atoms with Crippen LogP contribution in [-0.4, -0.2) is 50.0 Å². The second-order valence-electron chi connectivity index (χ2n) is 5.20. The number of para-hydroxylation sites is 1. The van der Waals surface area contributed by atoms with Crippen LogP contribution in [0.4, 0.5) is 5.69 Å². The van der Waals surface area contributed by atoms with E-state index in [4.69, 9.17) is 0 Å². The number of carbonyl (C=O) groups is 2. The van der Waals surface area contributed by atoms with E-state index in [1.807, 2.05) is 0 Å². The van der Waals surface area contributed by atoms with E-state index >= 15 is 0 Å². The highest BCUT2D eigenvalue weighted by Gasteiger charge is 2.37. The summed E-state index contributed by atoms with van der Waals surface area (Å²) in [7, 11) is -2.18. The highest BCUT2D eigenvalue weighted by molar-refractivity contribution is 7.89. The van der Waals surface area contributed by atoms with E-state index in [1.54, 1.807) is 25.1 Å². The molecule has 1 N–H and O–H groups in total. The lowest BCUT2D eigenvalue weighted by Gasteiger charge is -2.23. The highest BCUT2D eigenvalue weighted by Crippen LogP contribution is 2.24. The lowest BCUT2D eigenvalue weighted by atomic mass is 10.1. The predicted octanol–water partition coefficient (Wildman–Crippen LogP) is 1.23. The summed E-state index contributed by atoms with van der Waals surface area (Å²) in [5, 5.41) is 2.65. The Morgan fingerprint density at radius 1 is 1.35 bits per heavy atom. The fourth-order valence-electron chi connectivity index (χ4n) is 2.60. The van der Waals surface area contributed by atoms with Crippen LogP contribution in [0.15, 0.2) is 24.3 Å². The zero-order valence-corrected chi connectivity index (χ0v) is 13.9. The number of methoxy groups -OCH3 is 1. The highest BCUT2D eigenvalue weighted by atomic mass is 32.2. The van der Waals surface area contributed by atoms with Crippen LogP contribution >= 0.6 is 0 Å². The third-order valence-corrected chi connectivity index (χ3v) is 5.70. The van der Waals surface area contributed by atoms with Gasteiger partial charge >= 0.3 is 5.97 Å². The monoisotopic (exact) mass is 340 g/mol. The SMILES string of the molecule is CCS(=O)(=O)N1CCC[C@H]1C(=O)Nc1ccccc1C(=O)OC. The summed E-state index contributed by atoms with van der Waals surface area (Å²) in [6.45, 7) is 1.89. The molecule has 0 spiro atoms. The topological polar surface area (TPSA) is 92.8 Å². The number of nitrogens with one attached hydrogen (secondary N) is 1. The summed E-state index contributed by atoms with van der Waals surface area (Å²) in [6.07, 6.45) is 1.10. The number of benzene rings is 1. The van der Waals surface area contributed by atoms with Gasteiger partial charge in [0.25, 0.3) is 0 Å². The summed E-state index contributed by atoms with van der Waals surface area (Å²) in [5.74, 6) is -1.04. The van der Waals surface area contributed by atoms with Crippen LogP contribution in [-0.2, 0) is 19.6 Å². The molecule has 0 aromatic heterocycles. The van der Waals surface area contributed by atoms with Crippen molar-refractivity contribution in [2.75, 3.05) is 24.7 Å². The maximum atomic E-state index is 12.5. The molecule has 1 aliphatic heterocycles. The van der Waals surface area contributed by atoms with Crippen LogP contribution in [0, 0.1) is 0 Å². The zero-order chi connectivity index (χ0) is 17.0. The average Bonchev–Trinajstić information content (AvgIpc) is 3.05. The van der Waals surface area contributed by atoms with Gasteiger partial charge in [-0.2, -0.15) is 4.31 Å². The maximum absolute atomic E-state index is 12.5. The number of anilines is 1. The standard InChI is InChI=1S/C15H20N2O5S/c1-3-23(20,21)17-10-6-9-13(17)14(18)16-12-8-5-4-7-11(12)15(19)22-2/h4-5,7-8,13H,3,6,9-10H2,1-2H3,(H,16,18)/t13-/m0/s1. The summed E-state index contributed by atoms with van der Waals surface area (Å²) in [6, 6.07) is 5.71. The number of amides is 1. The minimum absolute atomic E-state index is 0.0461. The van der Waals surface area contributed by atoms with Gasteiger partial charge in [-0.1, -0.05) is 12.1 Å². The molecule has 0 bridgehead atoms. The van der Waals surface area contributed by atoms with Crippen molar-refractivity contribution in [3.63, 3.8) is 0 Å². The maximum Gasteiger partial charge on any atom is 0.339 e. The smallest absolute Gasteiger partial charge is 0.339 e. The fraction of sp³-hybridized carbons (Fsp3) is 0.467. The third-order valence-electron chi connectivity index (χ3n) is 3.82. The molecule has 1 atom stereocenters. The lowest BCUT2D eigenvalue weighted by molar-refractivity contribution is -0.119. The fourth-order valence-corrected chi connectivity index (χ4v) is 3.92. The molecule has 7 nitrogen and oxygen atoms in total. The van der Waals surface area contributed by atoms with E-state index in [2.05, 4.69) is 10.1 Å². The minimum atomic E-state index is -3.43. The van der Waals surface area contributed by atoms with E-state index in [1.165, 1.54) is 17.5 Å². The zero-order valence-electron chi connectivity index (χ0n) is 13.1. The summed E-state index contributed by atoms with van der Waals surface area (Å²) >= 11 is 0. The van der Waals surface area contributed by atoms with E-state index in [-0.39, 0.29) is 11.3 Å². The van der Waals surface area contributed by atoms with Crippen molar-refractivity contribution in [2.24, 2.45) is 0 Å². The minimum Gasteiger partial charge on any atom is -0.465 e. The molecule has 126 valence electrons. The van der Waals surface area contributed by atoms with Crippen molar-refractivity contribution < 1.29 is 22.7 Å². The van der Waals surface area contributed by atoms with Crippen LogP contribution in [0.5, 0.6) is 0 Å². The van der Waals surface area contributed by atoms with Crippen molar-refractivity contribution in [1.29, 1.82) is 0 Å². The molecule has 0 radical (unpaired) electrons. The average molecular weight is 340 g/mol. The Kier molecular flexibility index (Phi) is 5.38. The summed E-state index contributed by atoms with van der Waals surface area (Å²) < 4.78 is 30.0. The molecule has 23 heavy (non-hydrogen) atoms. The molecule has 1 fully saturated rings. The van der Waals surface area contributed by atoms with Crippen LogP contribution in [0.1, 0.15) is 30.1 Å². The first-order valence-corrected chi connectivity index (χ1v) is 8.99.